The van der Waals surface area contributed by atoms with Crippen molar-refractivity contribution >= 4 is 26.6 Å². The van der Waals surface area contributed by atoms with Crippen LogP contribution in [-0.2, 0) is 21.1 Å². The first-order valence-electron chi connectivity index (χ1n) is 8.92. The maximum atomic E-state index is 12.1. The Morgan fingerprint density at radius 1 is 1.31 bits per heavy atom. The van der Waals surface area contributed by atoms with Gasteiger partial charge in [-0.05, 0) is 61.3 Å². The first-order chi connectivity index (χ1) is 12.3. The third-order valence-corrected chi connectivity index (χ3v) is 6.73. The molecule has 6 nitrogen and oxygen atoms in total. The molecule has 7 heteroatoms. The second-order valence-corrected chi connectivity index (χ2v) is 9.37. The summed E-state index contributed by atoms with van der Waals surface area (Å²) in [5, 5.41) is 3.81. The first-order valence-corrected chi connectivity index (χ1v) is 10.7. The summed E-state index contributed by atoms with van der Waals surface area (Å²) < 4.78 is 22.9. The van der Waals surface area contributed by atoms with Gasteiger partial charge < -0.3 is 10.3 Å². The molecule has 2 aromatic rings. The van der Waals surface area contributed by atoms with Crippen LogP contribution in [0.3, 0.4) is 0 Å². The lowest BCUT2D eigenvalue weighted by Crippen LogP contribution is -2.26. The van der Waals surface area contributed by atoms with E-state index in [9.17, 15) is 18.0 Å². The van der Waals surface area contributed by atoms with Crippen molar-refractivity contribution in [3.63, 3.8) is 0 Å². The first kappa shape index (κ1) is 18.6. The standard InChI is InChI=1S/C19H24N2O4S/c1-13-9-16-10-15(4-5-17(16)21-19(13)23)11-18(22)20-7-2-3-14-6-8-26(24,25)12-14/h4-5,9-10,14H,2-3,6-8,11-12H2,1H3,(H,20,22)(H,21,23). The maximum absolute atomic E-state index is 12.1. The highest BCUT2D eigenvalue weighted by Crippen LogP contribution is 2.22. The molecule has 1 aromatic heterocycles. The quantitative estimate of drug-likeness (QED) is 0.750. The largest absolute Gasteiger partial charge is 0.356 e. The molecule has 1 aliphatic heterocycles. The molecule has 2 heterocycles. The number of fused-ring (bicyclic) bond motifs is 1. The zero-order valence-corrected chi connectivity index (χ0v) is 15.7. The molecule has 0 bridgehead atoms. The Kier molecular flexibility index (Phi) is 5.46. The molecule has 140 valence electrons. The fourth-order valence-corrected chi connectivity index (χ4v) is 5.35. The number of hydrogen-bond donors (Lipinski definition) is 2. The van der Waals surface area contributed by atoms with Gasteiger partial charge in [0.1, 0.15) is 0 Å². The molecule has 0 saturated carbocycles. The van der Waals surface area contributed by atoms with Crippen LogP contribution in [-0.4, -0.2) is 37.4 Å². The Balaban J connectivity index is 1.48. The summed E-state index contributed by atoms with van der Waals surface area (Å²) in [5.74, 6) is 0.781. The van der Waals surface area contributed by atoms with Crippen LogP contribution in [0.1, 0.15) is 30.4 Å². The van der Waals surface area contributed by atoms with E-state index in [1.807, 2.05) is 24.3 Å². The van der Waals surface area contributed by atoms with Crippen LogP contribution >= 0.6 is 0 Å². The topological polar surface area (TPSA) is 96.1 Å². The Morgan fingerprint density at radius 2 is 2.12 bits per heavy atom. The minimum atomic E-state index is -2.82. The van der Waals surface area contributed by atoms with E-state index in [2.05, 4.69) is 10.3 Å². The summed E-state index contributed by atoms with van der Waals surface area (Å²) in [6, 6.07) is 7.41. The van der Waals surface area contributed by atoms with Crippen LogP contribution in [0.5, 0.6) is 0 Å². The van der Waals surface area contributed by atoms with Crippen LogP contribution in [0.2, 0.25) is 0 Å². The summed E-state index contributed by atoms with van der Waals surface area (Å²) in [6.07, 6.45) is 2.66. The minimum absolute atomic E-state index is 0.0514. The second-order valence-electron chi connectivity index (χ2n) is 7.14. The van der Waals surface area contributed by atoms with E-state index in [1.165, 1.54) is 0 Å². The lowest BCUT2D eigenvalue weighted by Gasteiger charge is -2.09. The predicted molar refractivity (Wildman–Crippen MR) is 102 cm³/mol. The van der Waals surface area contributed by atoms with Gasteiger partial charge in [0.15, 0.2) is 9.84 Å². The summed E-state index contributed by atoms with van der Waals surface area (Å²) in [6.45, 7) is 2.32. The summed E-state index contributed by atoms with van der Waals surface area (Å²) in [7, 11) is -2.82. The van der Waals surface area contributed by atoms with E-state index >= 15 is 0 Å². The molecule has 1 atom stereocenters. The molecule has 0 aliphatic carbocycles. The Bertz CT molecular complexity index is 979. The highest BCUT2D eigenvalue weighted by Gasteiger charge is 2.27. The average Bonchev–Trinajstić information content (AvgIpc) is 2.92. The smallest absolute Gasteiger partial charge is 0.251 e. The third kappa shape index (κ3) is 4.72. The average molecular weight is 376 g/mol. The van der Waals surface area contributed by atoms with E-state index in [0.717, 1.165) is 35.7 Å². The number of aromatic amines is 1. The maximum Gasteiger partial charge on any atom is 0.251 e. The van der Waals surface area contributed by atoms with Gasteiger partial charge in [0.25, 0.3) is 5.56 Å². The van der Waals surface area contributed by atoms with E-state index < -0.39 is 9.84 Å². The van der Waals surface area contributed by atoms with Crippen molar-refractivity contribution in [2.45, 2.75) is 32.6 Å². The molecule has 2 N–H and O–H groups in total. The number of sulfone groups is 1. The lowest BCUT2D eigenvalue weighted by molar-refractivity contribution is -0.120. The van der Waals surface area contributed by atoms with Crippen molar-refractivity contribution in [2.24, 2.45) is 5.92 Å². The monoisotopic (exact) mass is 376 g/mol. The van der Waals surface area contributed by atoms with Crippen LogP contribution in [0.15, 0.2) is 29.1 Å². The normalized spacial score (nSPS) is 18.9. The lowest BCUT2D eigenvalue weighted by atomic mass is 10.0. The summed E-state index contributed by atoms with van der Waals surface area (Å²) in [5.41, 5.74) is 2.20. The van der Waals surface area contributed by atoms with Gasteiger partial charge in [-0.25, -0.2) is 8.42 Å². The van der Waals surface area contributed by atoms with Gasteiger partial charge in [-0.2, -0.15) is 0 Å². The number of hydrogen-bond acceptors (Lipinski definition) is 4. The summed E-state index contributed by atoms with van der Waals surface area (Å²) in [4.78, 5) is 26.5. The van der Waals surface area contributed by atoms with Gasteiger partial charge in [-0.3, -0.25) is 9.59 Å². The van der Waals surface area contributed by atoms with Gasteiger partial charge in [0, 0.05) is 17.6 Å². The number of nitrogens with one attached hydrogen (secondary N) is 2. The molecule has 1 unspecified atom stereocenters. The van der Waals surface area contributed by atoms with Crippen LogP contribution in [0.25, 0.3) is 10.9 Å². The van der Waals surface area contributed by atoms with Gasteiger partial charge >= 0.3 is 0 Å². The highest BCUT2D eigenvalue weighted by atomic mass is 32.2. The molecule has 1 fully saturated rings. The molecule has 0 radical (unpaired) electrons. The van der Waals surface area contributed by atoms with Crippen molar-refractivity contribution in [3.05, 3.63) is 45.7 Å². The van der Waals surface area contributed by atoms with Crippen molar-refractivity contribution in [1.82, 2.24) is 10.3 Å². The SMILES string of the molecule is Cc1cc2cc(CC(=O)NCCCC3CCS(=O)(=O)C3)ccc2[nH]c1=O. The number of carbonyl (C=O) groups excluding carboxylic acids is 1. The zero-order valence-electron chi connectivity index (χ0n) is 14.9. The fourth-order valence-electron chi connectivity index (χ4n) is 3.44. The number of H-pyrrole nitrogens is 1. The van der Waals surface area contributed by atoms with Gasteiger partial charge in [-0.15, -0.1) is 0 Å². The number of pyridine rings is 1. The van der Waals surface area contributed by atoms with Gasteiger partial charge in [-0.1, -0.05) is 6.07 Å². The van der Waals surface area contributed by atoms with E-state index in [4.69, 9.17) is 0 Å². The van der Waals surface area contributed by atoms with E-state index in [-0.39, 0.29) is 23.8 Å². The number of aryl methyl sites for hydroxylation is 1. The Labute approximate surface area is 152 Å². The highest BCUT2D eigenvalue weighted by molar-refractivity contribution is 7.91. The second kappa shape index (κ2) is 7.61. The molecule has 1 amide bonds. The van der Waals surface area contributed by atoms with E-state index in [1.54, 1.807) is 6.92 Å². The number of benzene rings is 1. The molecule has 0 spiro atoms. The number of rotatable bonds is 6. The Morgan fingerprint density at radius 3 is 2.85 bits per heavy atom. The van der Waals surface area contributed by atoms with Crippen LogP contribution < -0.4 is 10.9 Å². The van der Waals surface area contributed by atoms with Crippen molar-refractivity contribution in [2.75, 3.05) is 18.1 Å². The third-order valence-electron chi connectivity index (χ3n) is 4.90. The molecule has 26 heavy (non-hydrogen) atoms. The molecule has 3 rings (SSSR count). The Hall–Kier alpha value is -2.15. The van der Waals surface area contributed by atoms with Gasteiger partial charge in [0.05, 0.1) is 17.9 Å². The molecular weight excluding hydrogens is 352 g/mol. The number of carbonyl (C=O) groups is 1. The molecule has 1 aliphatic rings. The number of amides is 1. The molecule has 1 aromatic carbocycles. The minimum Gasteiger partial charge on any atom is -0.356 e. The fraction of sp³-hybridized carbons (Fsp3) is 0.474. The van der Waals surface area contributed by atoms with Gasteiger partial charge in [0.2, 0.25) is 5.91 Å². The van der Waals surface area contributed by atoms with Crippen LogP contribution in [0, 0.1) is 12.8 Å². The molecule has 1 saturated heterocycles. The predicted octanol–water partition coefficient (Wildman–Crippen LogP) is 1.71. The van der Waals surface area contributed by atoms with Crippen molar-refractivity contribution in [3.8, 4) is 0 Å². The zero-order chi connectivity index (χ0) is 18.7. The van der Waals surface area contributed by atoms with Crippen LogP contribution in [0.4, 0.5) is 0 Å². The molecular formula is C19H24N2O4S. The number of aromatic nitrogens is 1. The van der Waals surface area contributed by atoms with Crippen molar-refractivity contribution < 1.29 is 13.2 Å². The summed E-state index contributed by atoms with van der Waals surface area (Å²) >= 11 is 0. The van der Waals surface area contributed by atoms with E-state index in [0.29, 0.717) is 23.6 Å². The van der Waals surface area contributed by atoms with Crippen molar-refractivity contribution in [1.29, 1.82) is 0 Å².